The van der Waals surface area contributed by atoms with E-state index in [1.165, 1.54) is 28.6 Å². The second kappa shape index (κ2) is 8.16. The molecule has 4 rings (SSSR count). The first-order valence-corrected chi connectivity index (χ1v) is 10.3. The fourth-order valence-electron chi connectivity index (χ4n) is 3.62. The van der Waals surface area contributed by atoms with Gasteiger partial charge >= 0.3 is 12.2 Å². The van der Waals surface area contributed by atoms with Gasteiger partial charge in [-0.1, -0.05) is 12.1 Å². The zero-order valence-electron chi connectivity index (χ0n) is 16.3. The molecule has 2 amide bonds. The van der Waals surface area contributed by atoms with E-state index >= 15 is 0 Å². The molecule has 0 atom stereocenters. The smallest absolute Gasteiger partial charge is 0.334 e. The number of para-hydroxylation sites is 1. The zero-order chi connectivity index (χ0) is 21.3. The number of likely N-dealkylation sites (N-methyl/N-ethyl adjacent to an activating group) is 1. The van der Waals surface area contributed by atoms with E-state index in [1.807, 2.05) is 29.1 Å². The van der Waals surface area contributed by atoms with E-state index in [0.717, 1.165) is 36.1 Å². The van der Waals surface area contributed by atoms with Crippen molar-refractivity contribution in [2.24, 2.45) is 0 Å². The maximum Gasteiger partial charge on any atom is 0.418 e. The number of anilines is 1. The molecule has 2 N–H and O–H groups in total. The van der Waals surface area contributed by atoms with Crippen LogP contribution in [0, 0.1) is 0 Å². The molecule has 0 saturated heterocycles. The third-order valence-electron chi connectivity index (χ3n) is 5.08. The molecule has 0 radical (unpaired) electrons. The van der Waals surface area contributed by atoms with Crippen molar-refractivity contribution >= 4 is 23.1 Å². The fourth-order valence-corrected chi connectivity index (χ4v) is 5.03. The van der Waals surface area contributed by atoms with E-state index in [1.54, 1.807) is 11.3 Å². The Kier molecular flexibility index (Phi) is 5.57. The SMILES string of the molecule is CN1CCc2c(sc(-n3cccc3)c2CNC(=O)Nc2ccccc2C(F)(F)F)C1. The van der Waals surface area contributed by atoms with Gasteiger partial charge in [0.2, 0.25) is 0 Å². The highest BCUT2D eigenvalue weighted by Gasteiger charge is 2.33. The van der Waals surface area contributed by atoms with Crippen molar-refractivity contribution in [1.82, 2.24) is 14.8 Å². The second-order valence-corrected chi connectivity index (χ2v) is 8.30. The molecular formula is C21H21F3N4OS. The number of carbonyl (C=O) groups is 1. The summed E-state index contributed by atoms with van der Waals surface area (Å²) in [5.74, 6) is 0. The number of aromatic nitrogens is 1. The minimum Gasteiger partial charge on any atom is -0.334 e. The highest BCUT2D eigenvalue weighted by atomic mass is 32.1. The Labute approximate surface area is 176 Å². The van der Waals surface area contributed by atoms with Crippen molar-refractivity contribution in [2.75, 3.05) is 18.9 Å². The second-order valence-electron chi connectivity index (χ2n) is 7.22. The van der Waals surface area contributed by atoms with Gasteiger partial charge in [0.05, 0.1) is 11.3 Å². The number of urea groups is 1. The highest BCUT2D eigenvalue weighted by Crippen LogP contribution is 2.36. The minimum absolute atomic E-state index is 0.239. The molecule has 5 nitrogen and oxygen atoms in total. The van der Waals surface area contributed by atoms with Gasteiger partial charge in [-0.15, -0.1) is 11.3 Å². The number of amides is 2. The largest absolute Gasteiger partial charge is 0.418 e. The standard InChI is InChI=1S/C21H21F3N4OS/c1-27-11-8-14-15(19(30-18(14)13-27)28-9-4-5-10-28)12-25-20(29)26-17-7-3-2-6-16(17)21(22,23)24/h2-7,9-10H,8,11-13H2,1H3,(H2,25,26,29). The molecule has 1 aliphatic rings. The predicted octanol–water partition coefficient (Wildman–Crippen LogP) is 4.87. The first-order chi connectivity index (χ1) is 14.3. The summed E-state index contributed by atoms with van der Waals surface area (Å²) in [6.07, 6.45) is 0.233. The summed E-state index contributed by atoms with van der Waals surface area (Å²) in [6, 6.07) is 8.15. The Bertz CT molecular complexity index is 1040. The topological polar surface area (TPSA) is 49.3 Å². The monoisotopic (exact) mass is 434 g/mol. The third kappa shape index (κ3) is 4.22. The predicted molar refractivity (Wildman–Crippen MR) is 111 cm³/mol. The third-order valence-corrected chi connectivity index (χ3v) is 6.35. The van der Waals surface area contributed by atoms with Crippen LogP contribution in [0.1, 0.15) is 21.6 Å². The lowest BCUT2D eigenvalue weighted by Gasteiger charge is -2.23. The molecule has 3 aromatic rings. The number of halogens is 3. The summed E-state index contributed by atoms with van der Waals surface area (Å²) in [7, 11) is 2.07. The van der Waals surface area contributed by atoms with Crippen LogP contribution in [0.3, 0.4) is 0 Å². The number of rotatable bonds is 4. The summed E-state index contributed by atoms with van der Waals surface area (Å²) in [5, 5.41) is 6.10. The first-order valence-electron chi connectivity index (χ1n) is 9.49. The molecule has 1 aliphatic heterocycles. The van der Waals surface area contributed by atoms with Crippen molar-refractivity contribution in [2.45, 2.75) is 25.7 Å². The molecule has 0 unspecified atom stereocenters. The summed E-state index contributed by atoms with van der Waals surface area (Å²) < 4.78 is 41.5. The zero-order valence-corrected chi connectivity index (χ0v) is 17.1. The van der Waals surface area contributed by atoms with Crippen LogP contribution in [0.25, 0.3) is 5.00 Å². The first kappa shape index (κ1) is 20.5. The summed E-state index contributed by atoms with van der Waals surface area (Å²) in [6.45, 7) is 2.01. The quantitative estimate of drug-likeness (QED) is 0.616. The van der Waals surface area contributed by atoms with E-state index < -0.39 is 17.8 Å². The average Bonchev–Trinajstić information content (AvgIpc) is 3.33. The van der Waals surface area contributed by atoms with Gasteiger partial charge in [0.15, 0.2) is 0 Å². The molecule has 1 aromatic carbocycles. The average molecular weight is 434 g/mol. The van der Waals surface area contributed by atoms with E-state index in [2.05, 4.69) is 22.6 Å². The normalized spacial score (nSPS) is 14.4. The number of nitrogens with zero attached hydrogens (tertiary/aromatic N) is 2. The number of hydrogen-bond acceptors (Lipinski definition) is 3. The minimum atomic E-state index is -4.54. The maximum atomic E-state index is 13.2. The number of nitrogens with one attached hydrogen (secondary N) is 2. The van der Waals surface area contributed by atoms with Gasteiger partial charge in [-0.2, -0.15) is 13.2 Å². The van der Waals surface area contributed by atoms with E-state index in [-0.39, 0.29) is 12.2 Å². The Morgan fingerprint density at radius 3 is 2.63 bits per heavy atom. The number of benzene rings is 1. The van der Waals surface area contributed by atoms with E-state index in [0.29, 0.717) is 0 Å². The number of thiophene rings is 1. The van der Waals surface area contributed by atoms with E-state index in [9.17, 15) is 18.0 Å². The lowest BCUT2D eigenvalue weighted by atomic mass is 10.0. The summed E-state index contributed by atoms with van der Waals surface area (Å²) in [4.78, 5) is 15.9. The van der Waals surface area contributed by atoms with Crippen molar-refractivity contribution < 1.29 is 18.0 Å². The number of fused-ring (bicyclic) bond motifs is 1. The fraction of sp³-hybridized carbons (Fsp3) is 0.286. The highest BCUT2D eigenvalue weighted by molar-refractivity contribution is 7.14. The van der Waals surface area contributed by atoms with Gasteiger partial charge < -0.3 is 20.1 Å². The summed E-state index contributed by atoms with van der Waals surface area (Å²) >= 11 is 1.69. The molecule has 0 bridgehead atoms. The molecule has 9 heteroatoms. The molecule has 0 aliphatic carbocycles. The van der Waals surface area contributed by atoms with Gasteiger partial charge in [0.25, 0.3) is 0 Å². The van der Waals surface area contributed by atoms with Crippen molar-refractivity contribution in [1.29, 1.82) is 0 Å². The Morgan fingerprint density at radius 2 is 1.90 bits per heavy atom. The molecule has 0 fully saturated rings. The molecule has 3 heterocycles. The van der Waals surface area contributed by atoms with Crippen LogP contribution in [0.15, 0.2) is 48.8 Å². The molecular weight excluding hydrogens is 413 g/mol. The summed E-state index contributed by atoms with van der Waals surface area (Å²) in [5.41, 5.74) is 1.10. The van der Waals surface area contributed by atoms with Gasteiger partial charge in [0.1, 0.15) is 5.00 Å². The maximum absolute atomic E-state index is 13.2. The van der Waals surface area contributed by atoms with Gasteiger partial charge in [-0.05, 0) is 43.3 Å². The number of alkyl halides is 3. The Balaban J connectivity index is 1.54. The van der Waals surface area contributed by atoms with Crippen LogP contribution in [0.4, 0.5) is 23.7 Å². The number of carbonyl (C=O) groups excluding carboxylic acids is 1. The number of hydrogen-bond donors (Lipinski definition) is 2. The lowest BCUT2D eigenvalue weighted by Crippen LogP contribution is -2.30. The van der Waals surface area contributed by atoms with Crippen LogP contribution < -0.4 is 10.6 Å². The van der Waals surface area contributed by atoms with Crippen molar-refractivity contribution in [3.8, 4) is 5.00 Å². The molecule has 2 aromatic heterocycles. The molecule has 30 heavy (non-hydrogen) atoms. The molecule has 158 valence electrons. The van der Waals surface area contributed by atoms with E-state index in [4.69, 9.17) is 0 Å². The van der Waals surface area contributed by atoms with Crippen molar-refractivity contribution in [3.05, 3.63) is 70.4 Å². The Hall–Kier alpha value is -2.78. The molecule has 0 saturated carbocycles. The van der Waals surface area contributed by atoms with Crippen LogP contribution in [-0.4, -0.2) is 29.1 Å². The van der Waals surface area contributed by atoms with Gasteiger partial charge in [-0.25, -0.2) is 4.79 Å². The van der Waals surface area contributed by atoms with Crippen LogP contribution in [-0.2, 0) is 25.7 Å². The van der Waals surface area contributed by atoms with Crippen molar-refractivity contribution in [3.63, 3.8) is 0 Å². The van der Waals surface area contributed by atoms with Gasteiger partial charge in [-0.3, -0.25) is 0 Å². The molecule has 0 spiro atoms. The Morgan fingerprint density at radius 1 is 1.17 bits per heavy atom. The van der Waals surface area contributed by atoms with Crippen LogP contribution in [0.2, 0.25) is 0 Å². The van der Waals surface area contributed by atoms with Crippen LogP contribution >= 0.6 is 11.3 Å². The lowest BCUT2D eigenvalue weighted by molar-refractivity contribution is -0.136. The van der Waals surface area contributed by atoms with Crippen LogP contribution in [0.5, 0.6) is 0 Å². The van der Waals surface area contributed by atoms with Gasteiger partial charge in [0, 0.05) is 42.5 Å².